The van der Waals surface area contributed by atoms with Crippen molar-refractivity contribution in [3.05, 3.63) is 0 Å². The van der Waals surface area contributed by atoms with Gasteiger partial charge >= 0.3 is 0 Å². The van der Waals surface area contributed by atoms with Gasteiger partial charge in [-0.05, 0) is 5.41 Å². The molecule has 0 heterocycles. The zero-order valence-electron chi connectivity index (χ0n) is 9.67. The van der Waals surface area contributed by atoms with E-state index in [9.17, 15) is 8.78 Å². The molecule has 80 valence electrons. The smallest absolute Gasteiger partial charge is 0.206 e. The fourth-order valence-electron chi connectivity index (χ4n) is 0.991. The third-order valence-corrected chi connectivity index (χ3v) is 2.75. The first kappa shape index (κ1) is 12.9. The third-order valence-electron chi connectivity index (χ3n) is 2.75. The third kappa shape index (κ3) is 3.61. The largest absolute Gasteiger partial charge is 0.253 e. The van der Waals surface area contributed by atoms with E-state index in [1.807, 2.05) is 20.8 Å². The Morgan fingerprint density at radius 2 is 1.31 bits per heavy atom. The zero-order chi connectivity index (χ0) is 10.9. The van der Waals surface area contributed by atoms with Crippen molar-refractivity contribution in [2.24, 2.45) is 10.8 Å². The Bertz CT molecular complexity index is 163. The van der Waals surface area contributed by atoms with E-state index in [0.29, 0.717) is 0 Å². The van der Waals surface area contributed by atoms with Crippen LogP contribution in [0.1, 0.15) is 54.4 Å². The van der Waals surface area contributed by atoms with Crippen molar-refractivity contribution >= 4 is 0 Å². The highest BCUT2D eigenvalue weighted by molar-refractivity contribution is 4.86. The quantitative estimate of drug-likeness (QED) is 0.618. The molecular weight excluding hydrogens is 170 g/mol. The predicted molar refractivity (Wildman–Crippen MR) is 53.1 cm³/mol. The van der Waals surface area contributed by atoms with E-state index in [1.54, 1.807) is 20.8 Å². The van der Waals surface area contributed by atoms with Gasteiger partial charge in [0, 0.05) is 11.8 Å². The van der Waals surface area contributed by atoms with Crippen LogP contribution in [0.15, 0.2) is 0 Å². The molecule has 0 nitrogen and oxygen atoms in total. The van der Waals surface area contributed by atoms with Crippen molar-refractivity contribution in [2.75, 3.05) is 0 Å². The lowest BCUT2D eigenvalue weighted by Gasteiger charge is -2.36. The molecule has 0 fully saturated rings. The van der Waals surface area contributed by atoms with E-state index in [4.69, 9.17) is 0 Å². The van der Waals surface area contributed by atoms with Crippen LogP contribution in [0.4, 0.5) is 8.78 Å². The van der Waals surface area contributed by atoms with Crippen LogP contribution in [0, 0.1) is 10.8 Å². The number of rotatable bonds is 3. The van der Waals surface area contributed by atoms with Crippen LogP contribution in [0.25, 0.3) is 0 Å². The first-order valence-corrected chi connectivity index (χ1v) is 4.90. The summed E-state index contributed by atoms with van der Waals surface area (Å²) in [5, 5.41) is 0. The average molecular weight is 192 g/mol. The maximum absolute atomic E-state index is 13.6. The van der Waals surface area contributed by atoms with Gasteiger partial charge in [0.1, 0.15) is 0 Å². The first-order valence-electron chi connectivity index (χ1n) is 4.90. The number of hydrogen-bond acceptors (Lipinski definition) is 0. The molecule has 0 rings (SSSR count). The van der Waals surface area contributed by atoms with Gasteiger partial charge in [0.25, 0.3) is 5.92 Å². The molecule has 0 bridgehead atoms. The Balaban J connectivity index is 4.52. The van der Waals surface area contributed by atoms with Gasteiger partial charge in [-0.3, -0.25) is 0 Å². The van der Waals surface area contributed by atoms with Crippen LogP contribution in [-0.4, -0.2) is 5.92 Å². The van der Waals surface area contributed by atoms with Gasteiger partial charge in [-0.2, -0.15) is 0 Å². The van der Waals surface area contributed by atoms with Crippen molar-refractivity contribution in [1.82, 2.24) is 0 Å². The van der Waals surface area contributed by atoms with Gasteiger partial charge < -0.3 is 0 Å². The molecule has 0 saturated carbocycles. The Labute approximate surface area is 80.7 Å². The number of halogens is 2. The summed E-state index contributed by atoms with van der Waals surface area (Å²) in [5.41, 5.74) is -1.20. The van der Waals surface area contributed by atoms with Crippen molar-refractivity contribution in [1.29, 1.82) is 0 Å². The minimum Gasteiger partial charge on any atom is -0.206 e. The summed E-state index contributed by atoms with van der Waals surface area (Å²) >= 11 is 0. The average Bonchev–Trinajstić information content (AvgIpc) is 1.83. The molecule has 0 spiro atoms. The monoisotopic (exact) mass is 192 g/mol. The standard InChI is InChI=1S/C11H22F2/c1-7-10(5,6)8-11(12,13)9(2,3)4/h7-8H2,1-6H3. The molecular formula is C11H22F2. The molecule has 0 amide bonds. The Morgan fingerprint density at radius 1 is 0.923 bits per heavy atom. The summed E-state index contributed by atoms with van der Waals surface area (Å²) in [6.07, 6.45) is 0.763. The van der Waals surface area contributed by atoms with Gasteiger partial charge in [0.05, 0.1) is 0 Å². The van der Waals surface area contributed by atoms with Gasteiger partial charge in [-0.1, -0.05) is 48.0 Å². The summed E-state index contributed by atoms with van der Waals surface area (Å²) < 4.78 is 27.2. The predicted octanol–water partition coefficient (Wildman–Crippen LogP) is 4.49. The molecule has 0 N–H and O–H groups in total. The van der Waals surface area contributed by atoms with Crippen molar-refractivity contribution in [3.63, 3.8) is 0 Å². The molecule has 0 aliphatic heterocycles. The molecule has 13 heavy (non-hydrogen) atoms. The highest BCUT2D eigenvalue weighted by Crippen LogP contribution is 2.44. The van der Waals surface area contributed by atoms with Crippen molar-refractivity contribution < 1.29 is 8.78 Å². The summed E-state index contributed by atoms with van der Waals surface area (Å²) in [6, 6.07) is 0. The van der Waals surface area contributed by atoms with Crippen LogP contribution in [0.5, 0.6) is 0 Å². The molecule has 0 aromatic rings. The van der Waals surface area contributed by atoms with Crippen LogP contribution < -0.4 is 0 Å². The second-order valence-corrected chi connectivity index (χ2v) is 5.65. The maximum Gasteiger partial charge on any atom is 0.253 e. The van der Waals surface area contributed by atoms with Crippen LogP contribution >= 0.6 is 0 Å². The highest BCUT2D eigenvalue weighted by Gasteiger charge is 2.45. The maximum atomic E-state index is 13.6. The summed E-state index contributed by atoms with van der Waals surface area (Å²) in [4.78, 5) is 0. The fraction of sp³-hybridized carbons (Fsp3) is 1.00. The molecule has 0 radical (unpaired) electrons. The normalized spacial score (nSPS) is 14.8. The van der Waals surface area contributed by atoms with Gasteiger partial charge in [-0.25, -0.2) is 8.78 Å². The Hall–Kier alpha value is -0.140. The van der Waals surface area contributed by atoms with Crippen LogP contribution in [-0.2, 0) is 0 Å². The van der Waals surface area contributed by atoms with E-state index in [1.165, 1.54) is 0 Å². The minimum absolute atomic E-state index is 0.0278. The Morgan fingerprint density at radius 3 is 1.54 bits per heavy atom. The first-order chi connectivity index (χ1) is 5.52. The van der Waals surface area contributed by atoms with Gasteiger partial charge in [0.2, 0.25) is 0 Å². The highest BCUT2D eigenvalue weighted by atomic mass is 19.3. The molecule has 0 unspecified atom stereocenters. The summed E-state index contributed by atoms with van der Waals surface area (Å²) in [5.74, 6) is -2.58. The van der Waals surface area contributed by atoms with E-state index >= 15 is 0 Å². The molecule has 0 saturated heterocycles. The van der Waals surface area contributed by atoms with Crippen molar-refractivity contribution in [3.8, 4) is 0 Å². The second kappa shape index (κ2) is 3.55. The lowest BCUT2D eigenvalue weighted by molar-refractivity contribution is -0.124. The second-order valence-electron chi connectivity index (χ2n) is 5.65. The summed E-state index contributed by atoms with van der Waals surface area (Å²) in [7, 11) is 0. The van der Waals surface area contributed by atoms with E-state index in [2.05, 4.69) is 0 Å². The van der Waals surface area contributed by atoms with Crippen molar-refractivity contribution in [2.45, 2.75) is 60.3 Å². The summed E-state index contributed by atoms with van der Waals surface area (Å²) in [6.45, 7) is 10.5. The van der Waals surface area contributed by atoms with Gasteiger partial charge in [0.15, 0.2) is 0 Å². The zero-order valence-corrected chi connectivity index (χ0v) is 9.67. The van der Waals surface area contributed by atoms with E-state index in [-0.39, 0.29) is 11.8 Å². The van der Waals surface area contributed by atoms with Crippen LogP contribution in [0.2, 0.25) is 0 Å². The number of hydrogen-bond donors (Lipinski definition) is 0. The molecule has 0 aliphatic carbocycles. The SMILES string of the molecule is CCC(C)(C)CC(F)(F)C(C)(C)C. The molecule has 0 aromatic carbocycles. The molecule has 0 atom stereocenters. The fourth-order valence-corrected chi connectivity index (χ4v) is 0.991. The lowest BCUT2D eigenvalue weighted by atomic mass is 9.76. The minimum atomic E-state index is -2.58. The van der Waals surface area contributed by atoms with Crippen LogP contribution in [0.3, 0.4) is 0 Å². The lowest BCUT2D eigenvalue weighted by Crippen LogP contribution is -2.38. The number of alkyl halides is 2. The topological polar surface area (TPSA) is 0 Å². The Kier molecular flexibility index (Phi) is 3.51. The molecule has 0 aliphatic rings. The molecule has 2 heteroatoms. The van der Waals surface area contributed by atoms with Gasteiger partial charge in [-0.15, -0.1) is 0 Å². The molecule has 0 aromatic heterocycles. The van der Waals surface area contributed by atoms with E-state index in [0.717, 1.165) is 6.42 Å². The van der Waals surface area contributed by atoms with E-state index < -0.39 is 11.3 Å².